The molecule has 4 nitrogen and oxygen atoms in total. The molecule has 4 heteroatoms. The van der Waals surface area contributed by atoms with Crippen molar-refractivity contribution >= 4 is 6.03 Å². The van der Waals surface area contributed by atoms with Crippen LogP contribution in [0.2, 0.25) is 0 Å². The summed E-state index contributed by atoms with van der Waals surface area (Å²) in [6, 6.07) is -0.378. The van der Waals surface area contributed by atoms with E-state index < -0.39 is 0 Å². The maximum Gasteiger partial charge on any atom is 0.315 e. The third-order valence-electron chi connectivity index (χ3n) is 1.47. The Labute approximate surface area is 73.3 Å². The quantitative estimate of drug-likeness (QED) is 0.530. The van der Waals surface area contributed by atoms with Gasteiger partial charge in [-0.15, -0.1) is 0 Å². The molecule has 0 saturated carbocycles. The van der Waals surface area contributed by atoms with Gasteiger partial charge in [-0.05, 0) is 13.3 Å². The molecule has 2 amide bonds. The first-order chi connectivity index (χ1) is 5.70. The van der Waals surface area contributed by atoms with Gasteiger partial charge in [-0.25, -0.2) is 4.79 Å². The molecule has 0 unspecified atom stereocenters. The first kappa shape index (κ1) is 11.2. The largest absolute Gasteiger partial charge is 0.394 e. The number of urea groups is 1. The summed E-state index contributed by atoms with van der Waals surface area (Å²) in [5.41, 5.74) is 0. The average molecular weight is 174 g/mol. The number of hydrogen-bond acceptors (Lipinski definition) is 2. The molecule has 0 aromatic heterocycles. The van der Waals surface area contributed by atoms with Gasteiger partial charge in [0.1, 0.15) is 0 Å². The Hall–Kier alpha value is -0.770. The Morgan fingerprint density at radius 1 is 1.58 bits per heavy atom. The fourth-order valence-electron chi connectivity index (χ4n) is 0.699. The molecule has 0 spiro atoms. The molecule has 72 valence electrons. The molecule has 0 heterocycles. The zero-order chi connectivity index (χ0) is 9.40. The first-order valence-electron chi connectivity index (χ1n) is 4.36. The van der Waals surface area contributed by atoms with Crippen LogP contribution < -0.4 is 10.6 Å². The van der Waals surface area contributed by atoms with E-state index in [1.165, 1.54) is 0 Å². The monoisotopic (exact) mass is 174 g/mol. The van der Waals surface area contributed by atoms with Gasteiger partial charge in [-0.3, -0.25) is 0 Å². The number of rotatable bonds is 5. The molecule has 12 heavy (non-hydrogen) atoms. The second kappa shape index (κ2) is 6.91. The van der Waals surface area contributed by atoms with E-state index in [0.717, 1.165) is 12.8 Å². The predicted octanol–water partition coefficient (Wildman–Crippen LogP) is 0.466. The minimum absolute atomic E-state index is 0.0266. The lowest BCUT2D eigenvalue weighted by atomic mass is 10.3. The summed E-state index contributed by atoms with van der Waals surface area (Å²) in [7, 11) is 0. The van der Waals surface area contributed by atoms with Gasteiger partial charge in [0.05, 0.1) is 12.6 Å². The van der Waals surface area contributed by atoms with E-state index in [0.29, 0.717) is 6.54 Å². The Kier molecular flexibility index (Phi) is 6.47. The molecule has 1 atom stereocenters. The Balaban J connectivity index is 3.33. The van der Waals surface area contributed by atoms with E-state index in [2.05, 4.69) is 17.6 Å². The predicted molar refractivity (Wildman–Crippen MR) is 48.0 cm³/mol. The van der Waals surface area contributed by atoms with Gasteiger partial charge in [-0.2, -0.15) is 0 Å². The fraction of sp³-hybridized carbons (Fsp3) is 0.875. The number of aliphatic hydroxyl groups excluding tert-OH is 1. The number of hydrogen-bond donors (Lipinski definition) is 3. The van der Waals surface area contributed by atoms with Crippen LogP contribution in [0.1, 0.15) is 26.7 Å². The highest BCUT2D eigenvalue weighted by Crippen LogP contribution is 1.83. The lowest BCUT2D eigenvalue weighted by Crippen LogP contribution is -2.42. The van der Waals surface area contributed by atoms with E-state index in [1.807, 2.05) is 0 Å². The van der Waals surface area contributed by atoms with E-state index in [-0.39, 0.29) is 18.7 Å². The Bertz CT molecular complexity index is 128. The molecule has 0 aliphatic carbocycles. The van der Waals surface area contributed by atoms with E-state index in [1.54, 1.807) is 6.92 Å². The number of aliphatic hydroxyl groups is 1. The van der Waals surface area contributed by atoms with Crippen LogP contribution in [0, 0.1) is 0 Å². The number of amides is 2. The maximum absolute atomic E-state index is 11.0. The van der Waals surface area contributed by atoms with Crippen molar-refractivity contribution in [1.82, 2.24) is 10.6 Å². The molecule has 0 radical (unpaired) electrons. The van der Waals surface area contributed by atoms with Gasteiger partial charge >= 0.3 is 6.03 Å². The third-order valence-corrected chi connectivity index (χ3v) is 1.47. The zero-order valence-corrected chi connectivity index (χ0v) is 7.76. The average Bonchev–Trinajstić information content (AvgIpc) is 2.05. The highest BCUT2D eigenvalue weighted by Gasteiger charge is 2.03. The Morgan fingerprint density at radius 3 is 2.75 bits per heavy atom. The van der Waals surface area contributed by atoms with Crippen LogP contribution in [-0.4, -0.2) is 30.3 Å². The molecule has 0 aromatic rings. The van der Waals surface area contributed by atoms with Gasteiger partial charge in [0.15, 0.2) is 0 Å². The first-order valence-corrected chi connectivity index (χ1v) is 4.36. The van der Waals surface area contributed by atoms with Crippen LogP contribution in [0.5, 0.6) is 0 Å². The van der Waals surface area contributed by atoms with Crippen LogP contribution >= 0.6 is 0 Å². The summed E-state index contributed by atoms with van der Waals surface area (Å²) in [5.74, 6) is 0. The summed E-state index contributed by atoms with van der Waals surface area (Å²) >= 11 is 0. The van der Waals surface area contributed by atoms with Crippen molar-refractivity contribution < 1.29 is 9.90 Å². The molecule has 3 N–H and O–H groups in total. The SMILES string of the molecule is CCCCNC(=O)N[C@H](C)CO. The van der Waals surface area contributed by atoms with Crippen LogP contribution in [-0.2, 0) is 0 Å². The van der Waals surface area contributed by atoms with Gasteiger partial charge in [-0.1, -0.05) is 13.3 Å². The van der Waals surface area contributed by atoms with Crippen LogP contribution in [0.3, 0.4) is 0 Å². The summed E-state index contributed by atoms with van der Waals surface area (Å²) in [4.78, 5) is 11.0. The van der Waals surface area contributed by atoms with Crippen molar-refractivity contribution in [3.63, 3.8) is 0 Å². The minimum Gasteiger partial charge on any atom is -0.394 e. The van der Waals surface area contributed by atoms with Gasteiger partial charge in [0.2, 0.25) is 0 Å². The molecule has 0 rings (SSSR count). The van der Waals surface area contributed by atoms with E-state index in [9.17, 15) is 4.79 Å². The van der Waals surface area contributed by atoms with Crippen molar-refractivity contribution in [2.24, 2.45) is 0 Å². The van der Waals surface area contributed by atoms with Crippen molar-refractivity contribution in [1.29, 1.82) is 0 Å². The van der Waals surface area contributed by atoms with Crippen molar-refractivity contribution in [2.45, 2.75) is 32.7 Å². The van der Waals surface area contributed by atoms with Gasteiger partial charge < -0.3 is 15.7 Å². The second-order valence-corrected chi connectivity index (χ2v) is 2.84. The standard InChI is InChI=1S/C8H18N2O2/c1-3-4-5-9-8(12)10-7(2)6-11/h7,11H,3-6H2,1-2H3,(H2,9,10,12)/t7-/m1/s1. The molecule has 0 fully saturated rings. The molecule has 0 saturated heterocycles. The Morgan fingerprint density at radius 2 is 2.25 bits per heavy atom. The van der Waals surface area contributed by atoms with E-state index >= 15 is 0 Å². The lowest BCUT2D eigenvalue weighted by molar-refractivity contribution is 0.220. The smallest absolute Gasteiger partial charge is 0.315 e. The second-order valence-electron chi connectivity index (χ2n) is 2.84. The number of carbonyl (C=O) groups excluding carboxylic acids is 1. The third kappa shape index (κ3) is 5.97. The molecule has 0 aromatic carbocycles. The normalized spacial score (nSPS) is 12.2. The van der Waals surface area contributed by atoms with Crippen LogP contribution in [0.15, 0.2) is 0 Å². The zero-order valence-electron chi connectivity index (χ0n) is 7.76. The fourth-order valence-corrected chi connectivity index (χ4v) is 0.699. The molecular formula is C8H18N2O2. The molecule has 0 bridgehead atoms. The highest BCUT2D eigenvalue weighted by atomic mass is 16.3. The summed E-state index contributed by atoms with van der Waals surface area (Å²) in [6.07, 6.45) is 2.05. The van der Waals surface area contributed by atoms with Crippen molar-refractivity contribution in [3.05, 3.63) is 0 Å². The van der Waals surface area contributed by atoms with Crippen LogP contribution in [0.4, 0.5) is 4.79 Å². The van der Waals surface area contributed by atoms with Crippen molar-refractivity contribution in [3.8, 4) is 0 Å². The molecular weight excluding hydrogens is 156 g/mol. The maximum atomic E-state index is 11.0. The van der Waals surface area contributed by atoms with E-state index in [4.69, 9.17) is 5.11 Å². The number of nitrogens with one attached hydrogen (secondary N) is 2. The minimum atomic E-state index is -0.204. The number of carbonyl (C=O) groups is 1. The summed E-state index contributed by atoms with van der Waals surface area (Å²) < 4.78 is 0. The summed E-state index contributed by atoms with van der Waals surface area (Å²) in [5, 5.41) is 13.9. The van der Waals surface area contributed by atoms with Crippen LogP contribution in [0.25, 0.3) is 0 Å². The van der Waals surface area contributed by atoms with Gasteiger partial charge in [0.25, 0.3) is 0 Å². The van der Waals surface area contributed by atoms with Gasteiger partial charge in [0, 0.05) is 6.54 Å². The summed E-state index contributed by atoms with van der Waals surface area (Å²) in [6.45, 7) is 4.48. The topological polar surface area (TPSA) is 61.4 Å². The molecule has 0 aliphatic rings. The van der Waals surface area contributed by atoms with Crippen molar-refractivity contribution in [2.75, 3.05) is 13.2 Å². The molecule has 0 aliphatic heterocycles. The lowest BCUT2D eigenvalue weighted by Gasteiger charge is -2.11. The highest BCUT2D eigenvalue weighted by molar-refractivity contribution is 5.74. The number of unbranched alkanes of at least 4 members (excludes halogenated alkanes) is 1.